The molecule has 12 nitrogen and oxygen atoms in total. The highest BCUT2D eigenvalue weighted by Crippen LogP contribution is 2.46. The number of esters is 2. The molecule has 0 radical (unpaired) electrons. The van der Waals surface area contributed by atoms with Crippen molar-refractivity contribution in [1.82, 2.24) is 11.0 Å². The molecular weight excluding hydrogens is 765 g/mol. The summed E-state index contributed by atoms with van der Waals surface area (Å²) in [7, 11) is 0. The number of aromatic hydroxyl groups is 2. The zero-order valence-corrected chi connectivity index (χ0v) is 35.6. The summed E-state index contributed by atoms with van der Waals surface area (Å²) in [6, 6.07) is 8.35. The normalized spacial score (nSPS) is 18.5. The average Bonchev–Trinajstić information content (AvgIpc) is 3.29. The monoisotopic (exact) mass is 832 g/mol. The van der Waals surface area contributed by atoms with Crippen molar-refractivity contribution in [3.8, 4) is 11.5 Å². The molecule has 0 aliphatic heterocycles. The van der Waals surface area contributed by atoms with E-state index >= 15 is 0 Å². The molecule has 4 aliphatic rings. The minimum absolute atomic E-state index is 0.0288. The van der Waals surface area contributed by atoms with Crippen LogP contribution >= 0.6 is 0 Å². The molecule has 4 N–H and O–H groups in total. The van der Waals surface area contributed by atoms with Crippen molar-refractivity contribution in [3.05, 3.63) is 57.6 Å². The zero-order valence-electron chi connectivity index (χ0n) is 35.6. The summed E-state index contributed by atoms with van der Waals surface area (Å²) in [6.07, 6.45) is 24.3. The summed E-state index contributed by atoms with van der Waals surface area (Å²) in [6.45, 7) is -0.202. The lowest BCUT2D eigenvalue weighted by molar-refractivity contribution is -0.177. The Morgan fingerprint density at radius 2 is 0.750 bits per heavy atom. The van der Waals surface area contributed by atoms with Gasteiger partial charge in [0, 0.05) is 12.8 Å². The highest BCUT2D eigenvalue weighted by molar-refractivity contribution is 6.29. The molecule has 0 unspecified atom stereocenters. The smallest absolute Gasteiger partial charge is 0.437 e. The van der Waals surface area contributed by atoms with Crippen molar-refractivity contribution in [2.75, 3.05) is 26.3 Å². The predicted octanol–water partition coefficient (Wildman–Crippen LogP) is 9.04. The van der Waals surface area contributed by atoms with Crippen LogP contribution in [0.1, 0.15) is 198 Å². The van der Waals surface area contributed by atoms with E-state index in [4.69, 9.17) is 19.1 Å². The summed E-state index contributed by atoms with van der Waals surface area (Å²) in [5.74, 6) is -1.04. The number of phenols is 2. The number of phenolic OH excluding ortho intramolecular Hbond substituents is 2. The highest BCUT2D eigenvalue weighted by atomic mass is 16.7. The van der Waals surface area contributed by atoms with Crippen molar-refractivity contribution in [1.29, 1.82) is 0 Å². The summed E-state index contributed by atoms with van der Waals surface area (Å²) in [5.41, 5.74) is 10.8. The second kappa shape index (κ2) is 23.7. The van der Waals surface area contributed by atoms with Crippen molar-refractivity contribution >= 4 is 23.9 Å². The van der Waals surface area contributed by atoms with Crippen molar-refractivity contribution in [3.63, 3.8) is 0 Å². The second-order valence-electron chi connectivity index (χ2n) is 17.6. The van der Waals surface area contributed by atoms with Gasteiger partial charge in [-0.05, 0) is 121 Å². The molecule has 0 heterocycles. The number of carbonyl (C=O) groups excluding carboxylic acids is 4. The molecule has 2 aromatic rings. The van der Waals surface area contributed by atoms with Crippen molar-refractivity contribution < 1.29 is 48.5 Å². The Hall–Kier alpha value is -4.16. The van der Waals surface area contributed by atoms with Gasteiger partial charge in [0.05, 0.1) is 13.1 Å². The molecule has 0 aromatic heterocycles. The zero-order chi connectivity index (χ0) is 42.1. The number of carbonyl (C=O) groups is 4. The number of nitrogens with one attached hydrogen (secondary N) is 2. The fourth-order valence-electron chi connectivity index (χ4n) is 10.0. The summed E-state index contributed by atoms with van der Waals surface area (Å²) >= 11 is 0. The molecule has 0 saturated heterocycles. The van der Waals surface area contributed by atoms with Gasteiger partial charge in [0.2, 0.25) is 0 Å². The SMILES string of the molecule is O=C(CCc1cc(C2CCCCC2)c(O)c(C2CCCCC2)c1)OCCNOC(=O)C(=O)ONCCOC(=O)CCc1cc(C2CCCCC2)c(O)c(C2CCCCC2)c1. The molecule has 60 heavy (non-hydrogen) atoms. The highest BCUT2D eigenvalue weighted by Gasteiger charge is 2.28. The molecule has 4 aliphatic carbocycles. The lowest BCUT2D eigenvalue weighted by Crippen LogP contribution is -2.34. The standard InChI is InChI=1S/C48H68N2O10/c51-43(23-21-33-29-39(35-13-5-1-6-14-35)45(53)40(30-33)36-15-7-2-8-16-36)57-27-25-49-59-47(55)48(56)60-50-26-28-58-44(52)24-22-34-31-41(37-17-9-3-10-18-37)46(54)42(32-34)38-19-11-4-12-20-38/h29-32,35-38,49-50,53-54H,1-28H2. The van der Waals surface area contributed by atoms with Crippen LogP contribution in [0.2, 0.25) is 0 Å². The molecular formula is C48H68N2O10. The maximum atomic E-state index is 12.6. The molecule has 6 rings (SSSR count). The molecule has 4 saturated carbocycles. The van der Waals surface area contributed by atoms with Gasteiger partial charge in [-0.1, -0.05) is 101 Å². The van der Waals surface area contributed by atoms with Gasteiger partial charge in [-0.3, -0.25) is 9.59 Å². The van der Waals surface area contributed by atoms with E-state index < -0.39 is 23.9 Å². The summed E-state index contributed by atoms with van der Waals surface area (Å²) < 4.78 is 10.6. The van der Waals surface area contributed by atoms with Gasteiger partial charge in [-0.2, -0.15) is 0 Å². The van der Waals surface area contributed by atoms with Crippen LogP contribution in [-0.2, 0) is 51.2 Å². The third-order valence-electron chi connectivity index (χ3n) is 13.3. The Bertz CT molecular complexity index is 1520. The fourth-order valence-corrected chi connectivity index (χ4v) is 10.0. The third-order valence-corrected chi connectivity index (χ3v) is 13.3. The topological polar surface area (TPSA) is 170 Å². The van der Waals surface area contributed by atoms with Gasteiger partial charge in [0.25, 0.3) is 0 Å². The molecule has 0 amide bonds. The van der Waals surface area contributed by atoms with E-state index in [1.165, 1.54) is 77.0 Å². The maximum absolute atomic E-state index is 12.6. The fraction of sp³-hybridized carbons (Fsp3) is 0.667. The number of aryl methyl sites for hydroxylation is 2. The Morgan fingerprint density at radius 1 is 0.467 bits per heavy atom. The number of benzene rings is 2. The van der Waals surface area contributed by atoms with Crippen LogP contribution in [0.5, 0.6) is 11.5 Å². The first-order valence-electron chi connectivity index (χ1n) is 23.2. The molecule has 330 valence electrons. The molecule has 0 bridgehead atoms. The van der Waals surface area contributed by atoms with Crippen LogP contribution in [0.25, 0.3) is 0 Å². The number of hydrogen-bond acceptors (Lipinski definition) is 12. The van der Waals surface area contributed by atoms with E-state index in [-0.39, 0.29) is 39.1 Å². The summed E-state index contributed by atoms with van der Waals surface area (Å²) in [5, 5.41) is 22.7. The van der Waals surface area contributed by atoms with Crippen LogP contribution < -0.4 is 11.0 Å². The Kier molecular flexibility index (Phi) is 17.9. The number of hydroxylamine groups is 2. The first kappa shape index (κ1) is 45.4. The van der Waals surface area contributed by atoms with Gasteiger partial charge < -0.3 is 29.4 Å². The van der Waals surface area contributed by atoms with E-state index in [9.17, 15) is 29.4 Å². The average molecular weight is 833 g/mol. The van der Waals surface area contributed by atoms with E-state index in [0.29, 0.717) is 48.0 Å². The van der Waals surface area contributed by atoms with E-state index in [0.717, 1.165) is 84.7 Å². The summed E-state index contributed by atoms with van der Waals surface area (Å²) in [4.78, 5) is 58.7. The van der Waals surface area contributed by atoms with Crippen molar-refractivity contribution in [2.45, 2.75) is 178 Å². The predicted molar refractivity (Wildman–Crippen MR) is 226 cm³/mol. The maximum Gasteiger partial charge on any atom is 0.437 e. The van der Waals surface area contributed by atoms with Crippen LogP contribution in [0.4, 0.5) is 0 Å². The first-order valence-corrected chi connectivity index (χ1v) is 23.2. The van der Waals surface area contributed by atoms with Crippen LogP contribution in [0.15, 0.2) is 24.3 Å². The molecule has 12 heteroatoms. The molecule has 0 atom stereocenters. The van der Waals surface area contributed by atoms with Crippen LogP contribution in [0.3, 0.4) is 0 Å². The van der Waals surface area contributed by atoms with Crippen LogP contribution in [0, 0.1) is 0 Å². The first-order chi connectivity index (χ1) is 29.3. The third kappa shape index (κ3) is 13.4. The Balaban J connectivity index is 0.842. The minimum Gasteiger partial charge on any atom is -0.507 e. The minimum atomic E-state index is -1.30. The van der Waals surface area contributed by atoms with Gasteiger partial charge in [-0.15, -0.1) is 11.0 Å². The lowest BCUT2D eigenvalue weighted by Gasteiger charge is -2.28. The lowest BCUT2D eigenvalue weighted by atomic mass is 9.78. The Labute approximate surface area is 355 Å². The quantitative estimate of drug-likeness (QED) is 0.0370. The molecule has 0 spiro atoms. The molecule has 4 fully saturated rings. The Morgan fingerprint density at radius 3 is 1.03 bits per heavy atom. The van der Waals surface area contributed by atoms with Crippen molar-refractivity contribution in [2.24, 2.45) is 0 Å². The van der Waals surface area contributed by atoms with E-state index in [2.05, 4.69) is 35.2 Å². The number of ether oxygens (including phenoxy) is 2. The van der Waals surface area contributed by atoms with Gasteiger partial charge in [0.15, 0.2) is 0 Å². The second-order valence-corrected chi connectivity index (χ2v) is 17.6. The van der Waals surface area contributed by atoms with Gasteiger partial charge >= 0.3 is 23.9 Å². The van der Waals surface area contributed by atoms with Gasteiger partial charge in [0.1, 0.15) is 24.7 Å². The van der Waals surface area contributed by atoms with Crippen LogP contribution in [-0.4, -0.2) is 60.4 Å². The number of hydrogen-bond donors (Lipinski definition) is 4. The van der Waals surface area contributed by atoms with E-state index in [1.807, 2.05) is 0 Å². The molecule has 2 aromatic carbocycles. The largest absolute Gasteiger partial charge is 0.507 e. The van der Waals surface area contributed by atoms with Gasteiger partial charge in [-0.25, -0.2) is 9.59 Å². The van der Waals surface area contributed by atoms with E-state index in [1.54, 1.807) is 0 Å². The number of rotatable bonds is 18.